The van der Waals surface area contributed by atoms with Crippen LogP contribution in [-0.4, -0.2) is 40.9 Å². The lowest BCUT2D eigenvalue weighted by Crippen LogP contribution is -2.22. The number of aliphatic imine (C=N–C) groups is 1. The van der Waals surface area contributed by atoms with Crippen LogP contribution in [0.4, 0.5) is 5.82 Å². The van der Waals surface area contributed by atoms with Crippen LogP contribution in [0.15, 0.2) is 54.0 Å². The van der Waals surface area contributed by atoms with Crippen molar-refractivity contribution in [2.75, 3.05) is 0 Å². The molecule has 11 heteroatoms. The first-order chi connectivity index (χ1) is 15.5. The van der Waals surface area contributed by atoms with Gasteiger partial charge >= 0.3 is 0 Å². The van der Waals surface area contributed by atoms with Gasteiger partial charge in [0.1, 0.15) is 28.8 Å². The van der Waals surface area contributed by atoms with Crippen LogP contribution in [0.3, 0.4) is 0 Å². The molecule has 0 saturated carbocycles. The Hall–Kier alpha value is -4.54. The Morgan fingerprint density at radius 2 is 2.03 bits per heavy atom. The maximum Gasteiger partial charge on any atom is 0.192 e. The highest BCUT2D eigenvalue weighted by molar-refractivity contribution is 5.93. The van der Waals surface area contributed by atoms with Gasteiger partial charge in [-0.1, -0.05) is 0 Å². The third-order valence-corrected chi connectivity index (χ3v) is 4.92. The normalized spacial score (nSPS) is 12.2. The number of guanidine groups is 1. The molecule has 11 nitrogen and oxygen atoms in total. The van der Waals surface area contributed by atoms with Gasteiger partial charge in [0, 0.05) is 42.7 Å². The van der Waals surface area contributed by atoms with Crippen LogP contribution >= 0.6 is 0 Å². The topological polar surface area (TPSA) is 159 Å². The summed E-state index contributed by atoms with van der Waals surface area (Å²) in [4.78, 5) is 17.4. The predicted molar refractivity (Wildman–Crippen MR) is 120 cm³/mol. The van der Waals surface area contributed by atoms with E-state index in [1.807, 2.05) is 38.4 Å². The number of rotatable bonds is 5. The Kier molecular flexibility index (Phi) is 4.62. The van der Waals surface area contributed by atoms with Crippen LogP contribution in [0.1, 0.15) is 18.7 Å². The zero-order chi connectivity index (χ0) is 22.2. The fourth-order valence-electron chi connectivity index (χ4n) is 3.55. The van der Waals surface area contributed by atoms with Crippen LogP contribution < -0.4 is 16.2 Å². The van der Waals surface area contributed by atoms with Gasteiger partial charge in [0.25, 0.3) is 0 Å². The van der Waals surface area contributed by atoms with Crippen LogP contribution in [0.5, 0.6) is 5.75 Å². The number of benzene rings is 1. The maximum absolute atomic E-state index is 6.24. The number of H-pyrrole nitrogens is 1. The Bertz CT molecular complexity index is 1460. The van der Waals surface area contributed by atoms with E-state index in [0.717, 1.165) is 22.2 Å². The van der Waals surface area contributed by atoms with Crippen molar-refractivity contribution < 1.29 is 4.74 Å². The number of aromatic amines is 1. The summed E-state index contributed by atoms with van der Waals surface area (Å²) >= 11 is 0. The molecule has 1 unspecified atom stereocenters. The average Bonchev–Trinajstić information content (AvgIpc) is 3.38. The second-order valence-electron chi connectivity index (χ2n) is 7.27. The summed E-state index contributed by atoms with van der Waals surface area (Å²) in [6, 6.07) is 7.41. The largest absolute Gasteiger partial charge is 0.484 e. The van der Waals surface area contributed by atoms with Crippen molar-refractivity contribution in [3.63, 3.8) is 0 Å². The minimum atomic E-state index is -0.449. The first kappa shape index (κ1) is 19.4. The minimum Gasteiger partial charge on any atom is -0.484 e. The molecule has 0 aliphatic heterocycles. The van der Waals surface area contributed by atoms with Gasteiger partial charge in [-0.2, -0.15) is 15.2 Å². The van der Waals surface area contributed by atoms with Gasteiger partial charge in [0.15, 0.2) is 11.8 Å². The summed E-state index contributed by atoms with van der Waals surface area (Å²) in [6.07, 6.45) is 6.45. The van der Waals surface area contributed by atoms with Gasteiger partial charge < -0.3 is 16.2 Å². The second-order valence-corrected chi connectivity index (χ2v) is 7.27. The number of aromatic nitrogens is 7. The molecule has 5 N–H and O–H groups in total. The van der Waals surface area contributed by atoms with E-state index in [4.69, 9.17) is 16.2 Å². The van der Waals surface area contributed by atoms with Gasteiger partial charge in [0.2, 0.25) is 0 Å². The molecule has 4 aromatic heterocycles. The summed E-state index contributed by atoms with van der Waals surface area (Å²) in [6.45, 7) is 1.89. The number of hydrogen-bond acceptors (Lipinski definition) is 7. The van der Waals surface area contributed by atoms with Crippen molar-refractivity contribution in [2.24, 2.45) is 23.5 Å². The third-order valence-electron chi connectivity index (χ3n) is 4.92. The van der Waals surface area contributed by atoms with Gasteiger partial charge in [0.05, 0.1) is 17.2 Å². The van der Waals surface area contributed by atoms with Crippen molar-refractivity contribution in [3.8, 4) is 17.0 Å². The molecule has 1 aromatic carbocycles. The van der Waals surface area contributed by atoms with E-state index in [1.165, 1.54) is 0 Å². The highest BCUT2D eigenvalue weighted by Gasteiger charge is 2.18. The summed E-state index contributed by atoms with van der Waals surface area (Å²) < 4.78 is 7.97. The molecule has 0 aliphatic rings. The first-order valence-corrected chi connectivity index (χ1v) is 9.83. The van der Waals surface area contributed by atoms with E-state index in [2.05, 4.69) is 35.2 Å². The van der Waals surface area contributed by atoms with E-state index in [1.54, 1.807) is 29.3 Å². The average molecular weight is 428 g/mol. The van der Waals surface area contributed by atoms with Gasteiger partial charge in [-0.15, -0.1) is 0 Å². The third kappa shape index (κ3) is 3.55. The Balaban J connectivity index is 1.53. The number of nitrogens with two attached hydrogens (primary N) is 2. The molecule has 0 saturated heterocycles. The second kappa shape index (κ2) is 7.61. The number of nitrogens with one attached hydrogen (secondary N) is 1. The highest BCUT2D eigenvalue weighted by atomic mass is 16.5. The molecule has 5 aromatic rings. The smallest absolute Gasteiger partial charge is 0.192 e. The molecular formula is C21H20N10O. The lowest BCUT2D eigenvalue weighted by atomic mass is 10.1. The summed E-state index contributed by atoms with van der Waals surface area (Å²) in [5.74, 6) is 0.906. The number of fused-ring (bicyclic) bond motifs is 2. The van der Waals surface area contributed by atoms with Crippen molar-refractivity contribution in [1.82, 2.24) is 34.9 Å². The fourth-order valence-corrected chi connectivity index (χ4v) is 3.55. The molecule has 0 spiro atoms. The quantitative estimate of drug-likeness (QED) is 0.284. The zero-order valence-electron chi connectivity index (χ0n) is 17.4. The van der Waals surface area contributed by atoms with E-state index in [-0.39, 0.29) is 5.96 Å². The molecule has 0 radical (unpaired) electrons. The van der Waals surface area contributed by atoms with E-state index < -0.39 is 6.10 Å². The fraction of sp³-hybridized carbons (Fsp3) is 0.143. The number of hydrogen-bond donors (Lipinski definition) is 3. The van der Waals surface area contributed by atoms with Crippen molar-refractivity contribution in [1.29, 1.82) is 0 Å². The summed E-state index contributed by atoms with van der Waals surface area (Å²) in [5, 5.41) is 12.6. The number of aryl methyl sites for hydroxylation is 1. The van der Waals surface area contributed by atoms with E-state index in [9.17, 15) is 0 Å². The summed E-state index contributed by atoms with van der Waals surface area (Å²) in [7, 11) is 1.87. The monoisotopic (exact) mass is 428 g/mol. The molecular weight excluding hydrogens is 408 g/mol. The minimum absolute atomic E-state index is 0.0893. The van der Waals surface area contributed by atoms with Crippen LogP contribution in [0.2, 0.25) is 0 Å². The van der Waals surface area contributed by atoms with Gasteiger partial charge in [-0.25, -0.2) is 4.98 Å². The molecule has 4 heterocycles. The Labute approximate surface area is 182 Å². The predicted octanol–water partition coefficient (Wildman–Crippen LogP) is 2.35. The van der Waals surface area contributed by atoms with Crippen LogP contribution in [0.25, 0.3) is 33.2 Å². The summed E-state index contributed by atoms with van der Waals surface area (Å²) in [5.41, 5.74) is 15.5. The molecule has 0 amide bonds. The number of ether oxygens (including phenoxy) is 1. The zero-order valence-corrected chi connectivity index (χ0v) is 17.4. The number of pyridine rings is 1. The molecule has 32 heavy (non-hydrogen) atoms. The highest BCUT2D eigenvalue weighted by Crippen LogP contribution is 2.32. The van der Waals surface area contributed by atoms with E-state index in [0.29, 0.717) is 28.3 Å². The lowest BCUT2D eigenvalue weighted by molar-refractivity contribution is 0.224. The Morgan fingerprint density at radius 1 is 1.19 bits per heavy atom. The SMILES string of the molecule is CC(Oc1ccc2[nH]nc(-c3cnn(C)c3)c2c1)c1nc(N=C(N)N)cc2nccnc12. The first-order valence-electron chi connectivity index (χ1n) is 9.83. The van der Waals surface area contributed by atoms with Crippen molar-refractivity contribution in [3.05, 3.63) is 54.7 Å². The van der Waals surface area contributed by atoms with Crippen molar-refractivity contribution in [2.45, 2.75) is 13.0 Å². The van der Waals surface area contributed by atoms with E-state index >= 15 is 0 Å². The molecule has 160 valence electrons. The molecule has 0 fully saturated rings. The van der Waals surface area contributed by atoms with Crippen molar-refractivity contribution >= 4 is 33.7 Å². The van der Waals surface area contributed by atoms with Gasteiger partial charge in [-0.3, -0.25) is 19.7 Å². The van der Waals surface area contributed by atoms with Gasteiger partial charge in [-0.05, 0) is 25.1 Å². The lowest BCUT2D eigenvalue weighted by Gasteiger charge is -2.16. The molecule has 0 bridgehead atoms. The standard InChI is InChI=1S/C21H20N10O/c1-11(18-20-16(24-5-6-25-20)8-17(27-18)28-21(22)23)32-13-3-4-15-14(7-13)19(30-29-15)12-9-26-31(2)10-12/h3-11H,1-2H3,(H,29,30)(H4,22,23,27,28). The molecule has 0 aliphatic carbocycles. The molecule has 1 atom stereocenters. The van der Waals surface area contributed by atoms with Crippen LogP contribution in [-0.2, 0) is 7.05 Å². The van der Waals surface area contributed by atoms with Crippen LogP contribution in [0, 0.1) is 0 Å². The Morgan fingerprint density at radius 3 is 2.81 bits per heavy atom. The number of nitrogens with zero attached hydrogens (tertiary/aromatic N) is 7. The molecule has 5 rings (SSSR count). The maximum atomic E-state index is 6.24.